The van der Waals surface area contributed by atoms with Gasteiger partial charge in [-0.15, -0.1) is 0 Å². The molecule has 2 fully saturated rings. The van der Waals surface area contributed by atoms with E-state index in [4.69, 9.17) is 4.74 Å². The van der Waals surface area contributed by atoms with Gasteiger partial charge in [0, 0.05) is 25.6 Å². The number of piperidine rings is 1. The largest absolute Gasteiger partial charge is 0.469 e. The van der Waals surface area contributed by atoms with Crippen LogP contribution in [0, 0.1) is 11.8 Å². The molecule has 0 spiro atoms. The summed E-state index contributed by atoms with van der Waals surface area (Å²) >= 11 is 0. The number of hydrogen-bond donors (Lipinski definition) is 1. The molecule has 3 rings (SSSR count). The summed E-state index contributed by atoms with van der Waals surface area (Å²) in [6, 6.07) is 8.47. The fourth-order valence-electron chi connectivity index (χ4n) is 4.27. The Morgan fingerprint density at radius 3 is 2.45 bits per heavy atom. The maximum absolute atomic E-state index is 12.9. The van der Waals surface area contributed by atoms with E-state index in [-0.39, 0.29) is 35.3 Å². The standard InChI is InChI=1S/C21H30N2O5S/c1-28-20(24)14-16-9-11-18(12-10-16)22-21(25)17-6-5-13-23(15-17)29(26,27)19-7-3-2-4-8-19/h2-4,7-8,16-18H,5-6,9-15H2,1H3,(H,22,25)/t16?,17-,18?/m0/s1. The first kappa shape index (κ1) is 21.8. The number of hydrogen-bond acceptors (Lipinski definition) is 5. The molecule has 1 aliphatic heterocycles. The number of ether oxygens (including phenoxy) is 1. The molecule has 1 amide bonds. The van der Waals surface area contributed by atoms with Gasteiger partial charge in [0.1, 0.15) is 0 Å². The SMILES string of the molecule is COC(=O)CC1CCC(NC(=O)[C@H]2CCCN(S(=O)(=O)c3ccccc3)C2)CC1. The van der Waals surface area contributed by atoms with E-state index in [9.17, 15) is 18.0 Å². The van der Waals surface area contributed by atoms with Gasteiger partial charge in [0.25, 0.3) is 0 Å². The maximum Gasteiger partial charge on any atom is 0.305 e. The van der Waals surface area contributed by atoms with Gasteiger partial charge in [-0.1, -0.05) is 18.2 Å². The van der Waals surface area contributed by atoms with Crippen LogP contribution in [-0.4, -0.2) is 50.8 Å². The van der Waals surface area contributed by atoms with E-state index in [2.05, 4.69) is 5.32 Å². The number of rotatable bonds is 6. The molecule has 1 aromatic rings. The minimum atomic E-state index is -3.57. The molecule has 2 aliphatic rings. The van der Waals surface area contributed by atoms with E-state index in [0.717, 1.165) is 25.7 Å². The molecule has 160 valence electrons. The third-order valence-corrected chi connectivity index (χ3v) is 7.89. The summed E-state index contributed by atoms with van der Waals surface area (Å²) < 4.78 is 31.9. The zero-order valence-electron chi connectivity index (χ0n) is 16.9. The van der Waals surface area contributed by atoms with Crippen LogP contribution in [-0.2, 0) is 24.3 Å². The average Bonchev–Trinajstić information content (AvgIpc) is 2.75. The molecular weight excluding hydrogens is 392 g/mol. The van der Waals surface area contributed by atoms with E-state index in [1.807, 2.05) is 0 Å². The van der Waals surface area contributed by atoms with Crippen LogP contribution in [0.25, 0.3) is 0 Å². The Morgan fingerprint density at radius 2 is 1.79 bits per heavy atom. The van der Waals surface area contributed by atoms with Crippen molar-refractivity contribution in [3.63, 3.8) is 0 Å². The number of nitrogens with zero attached hydrogens (tertiary/aromatic N) is 1. The van der Waals surface area contributed by atoms with Crippen LogP contribution in [0.2, 0.25) is 0 Å². The second-order valence-corrected chi connectivity index (χ2v) is 9.96. The minimum Gasteiger partial charge on any atom is -0.469 e. The Bertz CT molecular complexity index is 804. The van der Waals surface area contributed by atoms with Crippen molar-refractivity contribution in [3.8, 4) is 0 Å². The molecule has 8 heteroatoms. The monoisotopic (exact) mass is 422 g/mol. The van der Waals surface area contributed by atoms with Crippen molar-refractivity contribution in [2.75, 3.05) is 20.2 Å². The van der Waals surface area contributed by atoms with Crippen LogP contribution in [0.3, 0.4) is 0 Å². The normalized spacial score (nSPS) is 25.9. The predicted molar refractivity (Wildman–Crippen MR) is 108 cm³/mol. The highest BCUT2D eigenvalue weighted by Crippen LogP contribution is 2.28. The predicted octanol–water partition coefficient (Wildman–Crippen LogP) is 2.33. The van der Waals surface area contributed by atoms with Gasteiger partial charge in [0.05, 0.1) is 17.9 Å². The fraction of sp³-hybridized carbons (Fsp3) is 0.619. The lowest BCUT2D eigenvalue weighted by molar-refractivity contribution is -0.142. The molecule has 29 heavy (non-hydrogen) atoms. The number of sulfonamides is 1. The highest BCUT2D eigenvalue weighted by Gasteiger charge is 2.34. The molecular formula is C21H30N2O5S. The summed E-state index contributed by atoms with van der Waals surface area (Å²) in [4.78, 5) is 24.5. The van der Waals surface area contributed by atoms with Crippen molar-refractivity contribution in [2.45, 2.75) is 55.9 Å². The lowest BCUT2D eigenvalue weighted by atomic mass is 9.84. The van der Waals surface area contributed by atoms with Gasteiger partial charge < -0.3 is 10.1 Å². The molecule has 1 saturated heterocycles. The summed E-state index contributed by atoms with van der Waals surface area (Å²) in [5.41, 5.74) is 0. The zero-order chi connectivity index (χ0) is 20.9. The van der Waals surface area contributed by atoms with Crippen molar-refractivity contribution in [3.05, 3.63) is 30.3 Å². The third-order valence-electron chi connectivity index (χ3n) is 6.01. The minimum absolute atomic E-state index is 0.0608. The zero-order valence-corrected chi connectivity index (χ0v) is 17.7. The smallest absolute Gasteiger partial charge is 0.305 e. The highest BCUT2D eigenvalue weighted by atomic mass is 32.2. The fourth-order valence-corrected chi connectivity index (χ4v) is 5.81. The number of benzene rings is 1. The van der Waals surface area contributed by atoms with Crippen molar-refractivity contribution in [1.29, 1.82) is 0 Å². The van der Waals surface area contributed by atoms with Crippen molar-refractivity contribution >= 4 is 21.9 Å². The van der Waals surface area contributed by atoms with E-state index in [0.29, 0.717) is 31.7 Å². The Morgan fingerprint density at radius 1 is 1.10 bits per heavy atom. The number of nitrogens with one attached hydrogen (secondary N) is 1. The molecule has 1 atom stereocenters. The molecule has 1 saturated carbocycles. The Hall–Kier alpha value is -1.93. The summed E-state index contributed by atoms with van der Waals surface area (Å²) in [6.45, 7) is 0.667. The van der Waals surface area contributed by atoms with Gasteiger partial charge in [0.15, 0.2) is 0 Å². The van der Waals surface area contributed by atoms with E-state index < -0.39 is 10.0 Å². The van der Waals surface area contributed by atoms with E-state index in [1.54, 1.807) is 30.3 Å². The van der Waals surface area contributed by atoms with Crippen LogP contribution >= 0.6 is 0 Å². The van der Waals surface area contributed by atoms with Crippen molar-refractivity contribution in [1.82, 2.24) is 9.62 Å². The average molecular weight is 423 g/mol. The molecule has 0 unspecified atom stereocenters. The number of amides is 1. The van der Waals surface area contributed by atoms with Gasteiger partial charge in [-0.25, -0.2) is 8.42 Å². The van der Waals surface area contributed by atoms with Crippen LogP contribution in [0.5, 0.6) is 0 Å². The molecule has 1 aliphatic carbocycles. The summed E-state index contributed by atoms with van der Waals surface area (Å²) in [5.74, 6) is -0.249. The summed E-state index contributed by atoms with van der Waals surface area (Å²) in [7, 11) is -2.17. The molecule has 0 radical (unpaired) electrons. The first-order valence-corrected chi connectivity index (χ1v) is 11.8. The molecule has 1 aromatic carbocycles. The first-order valence-electron chi connectivity index (χ1n) is 10.3. The van der Waals surface area contributed by atoms with Crippen LogP contribution in [0.4, 0.5) is 0 Å². The molecule has 1 heterocycles. The topological polar surface area (TPSA) is 92.8 Å². The van der Waals surface area contributed by atoms with Gasteiger partial charge in [-0.05, 0) is 56.6 Å². The van der Waals surface area contributed by atoms with Gasteiger partial charge >= 0.3 is 5.97 Å². The lowest BCUT2D eigenvalue weighted by Gasteiger charge is -2.33. The van der Waals surface area contributed by atoms with Gasteiger partial charge in [-0.3, -0.25) is 9.59 Å². The van der Waals surface area contributed by atoms with Gasteiger partial charge in [0.2, 0.25) is 15.9 Å². The van der Waals surface area contributed by atoms with Crippen LogP contribution in [0.1, 0.15) is 44.9 Å². The van der Waals surface area contributed by atoms with E-state index >= 15 is 0 Å². The summed E-state index contributed by atoms with van der Waals surface area (Å²) in [5, 5.41) is 3.11. The molecule has 0 bridgehead atoms. The Kier molecular flexibility index (Phi) is 7.29. The lowest BCUT2D eigenvalue weighted by Crippen LogP contribution is -2.48. The third kappa shape index (κ3) is 5.57. The molecule has 1 N–H and O–H groups in total. The second-order valence-electron chi connectivity index (χ2n) is 8.02. The Labute approximate surface area is 172 Å². The summed E-state index contributed by atoms with van der Waals surface area (Å²) in [6.07, 6.45) is 5.27. The van der Waals surface area contributed by atoms with E-state index in [1.165, 1.54) is 11.4 Å². The second kappa shape index (κ2) is 9.71. The number of carbonyl (C=O) groups excluding carboxylic acids is 2. The highest BCUT2D eigenvalue weighted by molar-refractivity contribution is 7.89. The number of esters is 1. The number of carbonyl (C=O) groups is 2. The van der Waals surface area contributed by atoms with Crippen LogP contribution in [0.15, 0.2) is 35.2 Å². The van der Waals surface area contributed by atoms with Crippen LogP contribution < -0.4 is 5.32 Å². The quantitative estimate of drug-likeness (QED) is 0.710. The van der Waals surface area contributed by atoms with Crippen molar-refractivity contribution in [2.24, 2.45) is 11.8 Å². The van der Waals surface area contributed by atoms with Gasteiger partial charge in [-0.2, -0.15) is 4.31 Å². The first-order chi connectivity index (χ1) is 13.9. The maximum atomic E-state index is 12.9. The molecule has 7 nitrogen and oxygen atoms in total. The van der Waals surface area contributed by atoms with Crippen molar-refractivity contribution < 1.29 is 22.7 Å². The molecule has 0 aromatic heterocycles. The Balaban J connectivity index is 1.52. The number of methoxy groups -OCH3 is 1.